The molecule has 0 bridgehead atoms. The number of aliphatic carboxylic acids is 1. The summed E-state index contributed by atoms with van der Waals surface area (Å²) in [6.07, 6.45) is -3.36. The largest absolute Gasteiger partial charge is 0.481 e. The molecule has 0 aliphatic rings. The summed E-state index contributed by atoms with van der Waals surface area (Å²) in [7, 11) is 0. The molecule has 1 N–H and O–H groups in total. The van der Waals surface area contributed by atoms with Gasteiger partial charge in [-0.2, -0.15) is 13.2 Å². The first-order chi connectivity index (χ1) is 18.2. The van der Waals surface area contributed by atoms with Gasteiger partial charge in [0.25, 0.3) is 0 Å². The van der Waals surface area contributed by atoms with E-state index in [-0.39, 0.29) is 12.5 Å². The summed E-state index contributed by atoms with van der Waals surface area (Å²) in [6.45, 7) is 8.63. The number of carboxylic acid groups (broad SMARTS) is 1. The predicted octanol–water partition coefficient (Wildman–Crippen LogP) is 8.92. The summed E-state index contributed by atoms with van der Waals surface area (Å²) < 4.78 is 67.4. The summed E-state index contributed by atoms with van der Waals surface area (Å²) >= 11 is 0. The highest BCUT2D eigenvalue weighted by molar-refractivity contribution is 5.79. The molecule has 3 rings (SSSR count). The van der Waals surface area contributed by atoms with Crippen LogP contribution in [0.15, 0.2) is 60.7 Å². The molecule has 8 heteroatoms. The van der Waals surface area contributed by atoms with E-state index in [2.05, 4.69) is 0 Å². The minimum atomic E-state index is -4.48. The number of carboxylic acids is 1. The average Bonchev–Trinajstić information content (AvgIpc) is 2.83. The van der Waals surface area contributed by atoms with Crippen molar-refractivity contribution in [3.05, 3.63) is 89.0 Å². The Morgan fingerprint density at radius 3 is 1.97 bits per heavy atom. The van der Waals surface area contributed by atoms with E-state index in [1.165, 1.54) is 24.3 Å². The van der Waals surface area contributed by atoms with Crippen molar-refractivity contribution in [2.45, 2.75) is 59.2 Å². The molecule has 3 aromatic rings. The maximum Gasteiger partial charge on any atom is 0.416 e. The molecule has 0 heterocycles. The van der Waals surface area contributed by atoms with Crippen molar-refractivity contribution < 1.29 is 31.9 Å². The van der Waals surface area contributed by atoms with Crippen LogP contribution in [-0.4, -0.2) is 17.6 Å². The van der Waals surface area contributed by atoms with Crippen molar-refractivity contribution in [1.29, 1.82) is 0 Å². The Kier molecular flexibility index (Phi) is 9.75. The fourth-order valence-electron chi connectivity index (χ4n) is 4.52. The molecule has 3 aromatic carbocycles. The molecule has 0 unspecified atom stereocenters. The van der Waals surface area contributed by atoms with Gasteiger partial charge in [0, 0.05) is 24.8 Å². The van der Waals surface area contributed by atoms with E-state index in [0.717, 1.165) is 24.6 Å². The monoisotopic (exact) mass is 547 g/mol. The summed E-state index contributed by atoms with van der Waals surface area (Å²) in [5, 5.41) is 10.0. The molecule has 0 aliphatic carbocycles. The van der Waals surface area contributed by atoms with Gasteiger partial charge in [-0.3, -0.25) is 4.79 Å². The van der Waals surface area contributed by atoms with Crippen LogP contribution < -0.4 is 4.90 Å². The molecule has 0 radical (unpaired) electrons. The highest BCUT2D eigenvalue weighted by atomic mass is 19.4. The number of alkyl halides is 3. The van der Waals surface area contributed by atoms with Crippen LogP contribution >= 0.6 is 0 Å². The number of anilines is 1. The highest BCUT2D eigenvalue weighted by Crippen LogP contribution is 2.36. The minimum Gasteiger partial charge on any atom is -0.481 e. The molecule has 0 saturated heterocycles. The van der Waals surface area contributed by atoms with Crippen molar-refractivity contribution in [2.75, 3.05) is 11.4 Å². The summed E-state index contributed by atoms with van der Waals surface area (Å²) in [6, 6.07) is 13.3. The molecule has 0 saturated carbocycles. The van der Waals surface area contributed by atoms with Crippen molar-refractivity contribution in [1.82, 2.24) is 0 Å². The van der Waals surface area contributed by atoms with Gasteiger partial charge in [-0.15, -0.1) is 0 Å². The van der Waals surface area contributed by atoms with Crippen molar-refractivity contribution >= 4 is 11.7 Å². The van der Waals surface area contributed by atoms with Crippen LogP contribution in [0.25, 0.3) is 11.1 Å². The Labute approximate surface area is 226 Å². The lowest BCUT2D eigenvalue weighted by Crippen LogP contribution is -2.25. The second kappa shape index (κ2) is 12.6. The van der Waals surface area contributed by atoms with E-state index in [4.69, 9.17) is 0 Å². The first-order valence-corrected chi connectivity index (χ1v) is 13.0. The van der Waals surface area contributed by atoms with Gasteiger partial charge >= 0.3 is 12.1 Å². The fourth-order valence-corrected chi connectivity index (χ4v) is 4.52. The van der Waals surface area contributed by atoms with Gasteiger partial charge in [0.15, 0.2) is 0 Å². The molecular formula is C31H34F5NO2. The molecule has 1 atom stereocenters. The maximum absolute atomic E-state index is 14.0. The molecule has 39 heavy (non-hydrogen) atoms. The Morgan fingerprint density at radius 1 is 0.846 bits per heavy atom. The van der Waals surface area contributed by atoms with Gasteiger partial charge < -0.3 is 10.0 Å². The summed E-state index contributed by atoms with van der Waals surface area (Å²) in [5.41, 5.74) is 1.84. The van der Waals surface area contributed by atoms with Crippen molar-refractivity contribution in [3.8, 4) is 11.1 Å². The Morgan fingerprint density at radius 2 is 1.46 bits per heavy atom. The quantitative estimate of drug-likeness (QED) is 0.244. The minimum absolute atomic E-state index is 0.0802. The Balaban J connectivity index is 2.16. The normalized spacial score (nSPS) is 12.7. The van der Waals surface area contributed by atoms with E-state index in [1.54, 1.807) is 18.2 Å². The number of rotatable bonds is 11. The van der Waals surface area contributed by atoms with E-state index in [9.17, 15) is 31.9 Å². The zero-order chi connectivity index (χ0) is 28.9. The van der Waals surface area contributed by atoms with Crippen molar-refractivity contribution in [2.24, 2.45) is 11.8 Å². The van der Waals surface area contributed by atoms with Crippen LogP contribution in [0.3, 0.4) is 0 Å². The van der Waals surface area contributed by atoms with Crippen molar-refractivity contribution in [3.63, 3.8) is 0 Å². The van der Waals surface area contributed by atoms with E-state index in [1.807, 2.05) is 32.6 Å². The third kappa shape index (κ3) is 8.53. The van der Waals surface area contributed by atoms with Gasteiger partial charge in [0.1, 0.15) is 11.6 Å². The molecule has 0 aliphatic heterocycles. The van der Waals surface area contributed by atoms with Crippen LogP contribution in [0.1, 0.15) is 63.1 Å². The van der Waals surface area contributed by atoms with Gasteiger partial charge in [0.2, 0.25) is 0 Å². The average molecular weight is 548 g/mol. The van der Waals surface area contributed by atoms with E-state index >= 15 is 0 Å². The molecule has 210 valence electrons. The lowest BCUT2D eigenvalue weighted by molar-refractivity contribution is -0.139. The van der Waals surface area contributed by atoms with Crippen LogP contribution in [0, 0.1) is 23.5 Å². The zero-order valence-corrected chi connectivity index (χ0v) is 22.5. The lowest BCUT2D eigenvalue weighted by atomic mass is 9.88. The number of nitrogens with zero attached hydrogens (tertiary/aromatic N) is 1. The lowest BCUT2D eigenvalue weighted by Gasteiger charge is -2.28. The molecular weight excluding hydrogens is 513 g/mol. The second-order valence-corrected chi connectivity index (χ2v) is 10.8. The Hall–Kier alpha value is -3.42. The molecule has 0 aromatic heterocycles. The Bertz CT molecular complexity index is 1250. The first kappa shape index (κ1) is 30.1. The topological polar surface area (TPSA) is 40.5 Å². The van der Waals surface area contributed by atoms with Crippen LogP contribution in [0.5, 0.6) is 0 Å². The van der Waals surface area contributed by atoms with Gasteiger partial charge in [-0.1, -0.05) is 45.9 Å². The third-order valence-electron chi connectivity index (χ3n) is 6.53. The SMILES string of the molecule is CC(C)CCN(Cc1cc(F)cc(F)c1)c1cc(-c2ccc(C(F)(F)F)cc2)cc([C@@H](CC(C)C)C(=O)O)c1. The van der Waals surface area contributed by atoms with Gasteiger partial charge in [0.05, 0.1) is 11.5 Å². The number of benzene rings is 3. The maximum atomic E-state index is 14.0. The molecule has 0 spiro atoms. The first-order valence-electron chi connectivity index (χ1n) is 13.0. The predicted molar refractivity (Wildman–Crippen MR) is 144 cm³/mol. The zero-order valence-electron chi connectivity index (χ0n) is 22.5. The van der Waals surface area contributed by atoms with E-state index < -0.39 is 35.3 Å². The number of carbonyl (C=O) groups is 1. The number of hydrogen-bond acceptors (Lipinski definition) is 2. The standard InChI is InChI=1S/C31H34F5NO2/c1-19(2)9-10-37(18-21-12-26(32)17-27(33)13-21)28-15-23(22-5-7-25(8-6-22)31(34,35)36)14-24(16-28)29(30(38)39)11-20(3)4/h5-8,12-17,19-20,29H,9-11,18H2,1-4H3,(H,38,39)/t29-/m1/s1. The second-order valence-electron chi connectivity index (χ2n) is 10.8. The third-order valence-corrected chi connectivity index (χ3v) is 6.53. The van der Waals surface area contributed by atoms with Gasteiger partial charge in [-0.25, -0.2) is 8.78 Å². The number of hydrogen-bond donors (Lipinski definition) is 1. The van der Waals surface area contributed by atoms with Crippen LogP contribution in [0.4, 0.5) is 27.6 Å². The smallest absolute Gasteiger partial charge is 0.416 e. The highest BCUT2D eigenvalue weighted by Gasteiger charge is 2.30. The summed E-state index contributed by atoms with van der Waals surface area (Å²) in [4.78, 5) is 14.2. The van der Waals surface area contributed by atoms with Crippen LogP contribution in [-0.2, 0) is 17.5 Å². The molecule has 3 nitrogen and oxygen atoms in total. The van der Waals surface area contributed by atoms with Crippen LogP contribution in [0.2, 0.25) is 0 Å². The van der Waals surface area contributed by atoms with E-state index in [0.29, 0.717) is 46.8 Å². The van der Waals surface area contributed by atoms with Gasteiger partial charge in [-0.05, 0) is 83.3 Å². The molecule has 0 fully saturated rings. The fraction of sp³-hybridized carbons (Fsp3) is 0.387. The summed E-state index contributed by atoms with van der Waals surface area (Å²) in [5.74, 6) is -2.83. The number of halogens is 5. The molecule has 0 amide bonds.